The van der Waals surface area contributed by atoms with Crippen molar-refractivity contribution in [3.05, 3.63) is 17.7 Å². The van der Waals surface area contributed by atoms with Gasteiger partial charge in [-0.05, 0) is 18.9 Å². The van der Waals surface area contributed by atoms with E-state index < -0.39 is 0 Å². The summed E-state index contributed by atoms with van der Waals surface area (Å²) in [5.41, 5.74) is 7.06. The Labute approximate surface area is 143 Å². The molecule has 0 bridgehead atoms. The van der Waals surface area contributed by atoms with Gasteiger partial charge in [-0.2, -0.15) is 0 Å². The average molecular weight is 337 g/mol. The Morgan fingerprint density at radius 2 is 1.79 bits per heavy atom. The van der Waals surface area contributed by atoms with Gasteiger partial charge in [-0.1, -0.05) is 13.3 Å². The van der Waals surface area contributed by atoms with Gasteiger partial charge < -0.3 is 19.5 Å². The van der Waals surface area contributed by atoms with Gasteiger partial charge in [-0.3, -0.25) is 10.2 Å². The summed E-state index contributed by atoms with van der Waals surface area (Å²) in [5.74, 6) is 1.81. The fourth-order valence-corrected chi connectivity index (χ4v) is 2.87. The van der Waals surface area contributed by atoms with Gasteiger partial charge in [0.1, 0.15) is 11.8 Å². The van der Waals surface area contributed by atoms with Crippen LogP contribution in [-0.4, -0.2) is 39.3 Å². The molecule has 1 aromatic rings. The second-order valence-electron chi connectivity index (χ2n) is 5.80. The molecule has 1 fully saturated rings. The first-order valence-electron chi connectivity index (χ1n) is 8.20. The summed E-state index contributed by atoms with van der Waals surface area (Å²) >= 11 is 0. The molecule has 7 nitrogen and oxygen atoms in total. The molecular weight excluding hydrogens is 310 g/mol. The summed E-state index contributed by atoms with van der Waals surface area (Å²) in [6.07, 6.45) is 2.94. The number of methoxy groups -OCH3 is 3. The molecular formula is C17H27N3O4. The monoisotopic (exact) mass is 337 g/mol. The lowest BCUT2D eigenvalue weighted by Crippen LogP contribution is -2.43. The molecule has 1 amide bonds. The maximum absolute atomic E-state index is 12.3. The molecule has 1 saturated heterocycles. The molecule has 2 atom stereocenters. The van der Waals surface area contributed by atoms with Crippen molar-refractivity contribution in [2.24, 2.45) is 0 Å². The number of hydrogen-bond acceptors (Lipinski definition) is 6. The zero-order valence-corrected chi connectivity index (χ0v) is 14.8. The number of carbonyl (C=O) groups is 1. The second-order valence-corrected chi connectivity index (χ2v) is 5.80. The quantitative estimate of drug-likeness (QED) is 0.665. The molecule has 3 N–H and O–H groups in total. The van der Waals surface area contributed by atoms with Crippen LogP contribution in [0.1, 0.15) is 31.7 Å². The zero-order valence-electron chi connectivity index (χ0n) is 14.8. The predicted octanol–water partition coefficient (Wildman–Crippen LogP) is 1.36. The number of hydrogen-bond donors (Lipinski definition) is 3. The van der Waals surface area contributed by atoms with Gasteiger partial charge in [0.05, 0.1) is 21.3 Å². The Kier molecular flexibility index (Phi) is 6.69. The van der Waals surface area contributed by atoms with Crippen LogP contribution in [0.5, 0.6) is 17.2 Å². The van der Waals surface area contributed by atoms with E-state index >= 15 is 0 Å². The van der Waals surface area contributed by atoms with Crippen LogP contribution in [0.15, 0.2) is 12.1 Å². The van der Waals surface area contributed by atoms with Crippen molar-refractivity contribution in [3.63, 3.8) is 0 Å². The summed E-state index contributed by atoms with van der Waals surface area (Å²) in [6, 6.07) is 3.71. The molecule has 1 aliphatic rings. The summed E-state index contributed by atoms with van der Waals surface area (Å²) in [4.78, 5) is 12.3. The Morgan fingerprint density at radius 1 is 1.12 bits per heavy atom. The van der Waals surface area contributed by atoms with E-state index in [0.29, 0.717) is 29.8 Å². The molecule has 2 rings (SSSR count). The van der Waals surface area contributed by atoms with Crippen LogP contribution in [0.4, 0.5) is 0 Å². The summed E-state index contributed by atoms with van der Waals surface area (Å²) in [7, 11) is 4.74. The molecule has 24 heavy (non-hydrogen) atoms. The average Bonchev–Trinajstić information content (AvgIpc) is 3.07. The van der Waals surface area contributed by atoms with Crippen molar-refractivity contribution in [2.45, 2.75) is 44.8 Å². The van der Waals surface area contributed by atoms with E-state index in [0.717, 1.165) is 24.8 Å². The molecule has 2 unspecified atom stereocenters. The lowest BCUT2D eigenvalue weighted by atomic mass is 10.1. The highest BCUT2D eigenvalue weighted by atomic mass is 16.5. The normalized spacial score (nSPS) is 19.8. The van der Waals surface area contributed by atoms with Gasteiger partial charge >= 0.3 is 0 Å². The fourth-order valence-electron chi connectivity index (χ4n) is 2.87. The maximum Gasteiger partial charge on any atom is 0.238 e. The molecule has 7 heteroatoms. The Morgan fingerprint density at radius 3 is 2.42 bits per heavy atom. The maximum atomic E-state index is 12.3. The van der Waals surface area contributed by atoms with Crippen LogP contribution in [0.2, 0.25) is 0 Å². The first-order chi connectivity index (χ1) is 11.6. The van der Waals surface area contributed by atoms with E-state index in [1.54, 1.807) is 27.4 Å². The number of carbonyl (C=O) groups excluding carboxylic acids is 1. The molecule has 0 aromatic heterocycles. The number of ether oxygens (including phenoxy) is 3. The van der Waals surface area contributed by atoms with E-state index in [1.165, 1.54) is 0 Å². The third-order valence-corrected chi connectivity index (χ3v) is 4.18. The Hall–Kier alpha value is -1.99. The molecule has 1 heterocycles. The van der Waals surface area contributed by atoms with Gasteiger partial charge in [-0.15, -0.1) is 0 Å². The van der Waals surface area contributed by atoms with E-state index in [9.17, 15) is 4.79 Å². The number of hydrazine groups is 1. The lowest BCUT2D eigenvalue weighted by Gasteiger charge is -2.15. The third kappa shape index (κ3) is 4.30. The molecule has 0 aliphatic carbocycles. The van der Waals surface area contributed by atoms with Crippen molar-refractivity contribution in [1.29, 1.82) is 0 Å². The van der Waals surface area contributed by atoms with Crippen molar-refractivity contribution in [1.82, 2.24) is 16.2 Å². The highest BCUT2D eigenvalue weighted by Crippen LogP contribution is 2.34. The van der Waals surface area contributed by atoms with Crippen molar-refractivity contribution in [3.8, 4) is 17.2 Å². The summed E-state index contributed by atoms with van der Waals surface area (Å²) in [6.45, 7) is 2.50. The predicted molar refractivity (Wildman–Crippen MR) is 91.3 cm³/mol. The lowest BCUT2D eigenvalue weighted by molar-refractivity contribution is -0.123. The Bertz CT molecular complexity index is 565. The number of amides is 1. The summed E-state index contributed by atoms with van der Waals surface area (Å²) in [5, 5.41) is 2.95. The van der Waals surface area contributed by atoms with Crippen LogP contribution in [-0.2, 0) is 11.3 Å². The van der Waals surface area contributed by atoms with Gasteiger partial charge in [0.2, 0.25) is 5.91 Å². The highest BCUT2D eigenvalue weighted by molar-refractivity contribution is 5.82. The minimum absolute atomic E-state index is 0.0297. The van der Waals surface area contributed by atoms with Crippen LogP contribution in [0.25, 0.3) is 0 Å². The molecule has 1 aliphatic heterocycles. The van der Waals surface area contributed by atoms with E-state index in [2.05, 4.69) is 23.1 Å². The molecule has 0 saturated carbocycles. The van der Waals surface area contributed by atoms with Crippen LogP contribution < -0.4 is 30.4 Å². The standard InChI is InChI=1S/C17H27N3O4/c1-5-6-12-8-13(20-19-12)17(21)18-10-11-7-15(23-3)16(24-4)9-14(11)22-2/h7,9,12-13,19-20H,5-6,8,10H2,1-4H3,(H,18,21). The highest BCUT2D eigenvalue weighted by Gasteiger charge is 2.28. The second kappa shape index (κ2) is 8.75. The van der Waals surface area contributed by atoms with E-state index in [1.807, 2.05) is 6.07 Å². The first kappa shape index (κ1) is 18.4. The van der Waals surface area contributed by atoms with Gasteiger partial charge in [-0.25, -0.2) is 5.43 Å². The third-order valence-electron chi connectivity index (χ3n) is 4.18. The molecule has 134 valence electrons. The SMILES string of the molecule is CCCC1CC(C(=O)NCc2cc(OC)c(OC)cc2OC)NN1. The van der Waals surface area contributed by atoms with Crippen molar-refractivity contribution in [2.75, 3.05) is 21.3 Å². The fraction of sp³-hybridized carbons (Fsp3) is 0.588. The van der Waals surface area contributed by atoms with E-state index in [4.69, 9.17) is 14.2 Å². The number of nitrogens with one attached hydrogen (secondary N) is 3. The largest absolute Gasteiger partial charge is 0.496 e. The van der Waals surface area contributed by atoms with Crippen LogP contribution in [0.3, 0.4) is 0 Å². The van der Waals surface area contributed by atoms with Gasteiger partial charge in [0, 0.05) is 24.2 Å². The van der Waals surface area contributed by atoms with E-state index in [-0.39, 0.29) is 11.9 Å². The minimum Gasteiger partial charge on any atom is -0.496 e. The molecule has 1 aromatic carbocycles. The zero-order chi connectivity index (χ0) is 17.5. The minimum atomic E-state index is -0.215. The number of benzene rings is 1. The Balaban J connectivity index is 1.99. The van der Waals surface area contributed by atoms with Gasteiger partial charge in [0.25, 0.3) is 0 Å². The van der Waals surface area contributed by atoms with Crippen molar-refractivity contribution < 1.29 is 19.0 Å². The van der Waals surface area contributed by atoms with Crippen LogP contribution >= 0.6 is 0 Å². The number of rotatable bonds is 8. The smallest absolute Gasteiger partial charge is 0.238 e. The molecule has 0 radical (unpaired) electrons. The van der Waals surface area contributed by atoms with Gasteiger partial charge in [0.15, 0.2) is 11.5 Å². The first-order valence-corrected chi connectivity index (χ1v) is 8.20. The molecule has 0 spiro atoms. The van der Waals surface area contributed by atoms with Crippen LogP contribution in [0, 0.1) is 0 Å². The topological polar surface area (TPSA) is 80.9 Å². The summed E-state index contributed by atoms with van der Waals surface area (Å²) < 4.78 is 16.0. The van der Waals surface area contributed by atoms with Crippen molar-refractivity contribution >= 4 is 5.91 Å².